The zero-order valence-corrected chi connectivity index (χ0v) is 13.3. The Labute approximate surface area is 129 Å². The number of aliphatic carboxylic acids is 1. The zero-order valence-electron chi connectivity index (χ0n) is 10.4. The molecule has 0 radical (unpaired) electrons. The second-order valence-corrected chi connectivity index (χ2v) is 5.31. The number of halogens is 2. The van der Waals surface area contributed by atoms with Gasteiger partial charge in [0.05, 0.1) is 17.7 Å². The normalized spacial score (nSPS) is 11.8. The molecule has 1 rings (SSSR count). The highest BCUT2D eigenvalue weighted by atomic mass is 127. The van der Waals surface area contributed by atoms with Gasteiger partial charge in [0.2, 0.25) is 0 Å². The largest absolute Gasteiger partial charge is 0.496 e. The van der Waals surface area contributed by atoms with Crippen molar-refractivity contribution in [3.8, 4) is 5.75 Å². The lowest BCUT2D eigenvalue weighted by molar-refractivity contribution is -0.139. The SMILES string of the molecule is CCC(NC(=O)c1cc(Cl)c(I)cc1OC)C(=O)O. The molecule has 104 valence electrons. The van der Waals surface area contributed by atoms with Crippen molar-refractivity contribution in [3.05, 3.63) is 26.3 Å². The Morgan fingerprint density at radius 3 is 2.63 bits per heavy atom. The van der Waals surface area contributed by atoms with Crippen molar-refractivity contribution < 1.29 is 19.4 Å². The Balaban J connectivity index is 3.05. The van der Waals surface area contributed by atoms with E-state index in [1.165, 1.54) is 13.2 Å². The fraction of sp³-hybridized carbons (Fsp3) is 0.333. The van der Waals surface area contributed by atoms with E-state index in [9.17, 15) is 9.59 Å². The standard InChI is InChI=1S/C12H13ClINO4/c1-3-9(12(17)18)15-11(16)6-4-7(13)8(14)5-10(6)19-2/h4-5,9H,3H2,1-2H3,(H,15,16)(H,17,18). The van der Waals surface area contributed by atoms with E-state index in [2.05, 4.69) is 5.32 Å². The maximum absolute atomic E-state index is 12.0. The first kappa shape index (κ1) is 16.0. The molecule has 0 aromatic heterocycles. The molecule has 0 aliphatic rings. The van der Waals surface area contributed by atoms with Crippen LogP contribution in [0.4, 0.5) is 0 Å². The van der Waals surface area contributed by atoms with E-state index in [0.29, 0.717) is 17.2 Å². The quantitative estimate of drug-likeness (QED) is 0.749. The number of ether oxygens (including phenoxy) is 1. The predicted octanol–water partition coefficient (Wildman–Crippen LogP) is 2.55. The molecular weight excluding hydrogens is 384 g/mol. The third-order valence-electron chi connectivity index (χ3n) is 2.50. The lowest BCUT2D eigenvalue weighted by Crippen LogP contribution is -2.40. The predicted molar refractivity (Wildman–Crippen MR) is 79.9 cm³/mol. The minimum Gasteiger partial charge on any atom is -0.496 e. The van der Waals surface area contributed by atoms with Crippen molar-refractivity contribution in [2.75, 3.05) is 7.11 Å². The summed E-state index contributed by atoms with van der Waals surface area (Å²) in [6.45, 7) is 1.68. The minimum absolute atomic E-state index is 0.215. The lowest BCUT2D eigenvalue weighted by Gasteiger charge is -2.14. The van der Waals surface area contributed by atoms with Gasteiger partial charge < -0.3 is 15.2 Å². The number of carboxylic acid groups (broad SMARTS) is 1. The van der Waals surface area contributed by atoms with Crippen LogP contribution in [-0.4, -0.2) is 30.1 Å². The summed E-state index contributed by atoms with van der Waals surface area (Å²) in [5.41, 5.74) is 0.215. The maximum atomic E-state index is 12.0. The molecule has 0 spiro atoms. The van der Waals surface area contributed by atoms with Crippen LogP contribution in [0.25, 0.3) is 0 Å². The molecule has 0 fully saturated rings. The van der Waals surface area contributed by atoms with Gasteiger partial charge >= 0.3 is 5.97 Å². The smallest absolute Gasteiger partial charge is 0.326 e. The number of amides is 1. The summed E-state index contributed by atoms with van der Waals surface area (Å²) in [6, 6.07) is 2.15. The number of hydrogen-bond donors (Lipinski definition) is 2. The highest BCUT2D eigenvalue weighted by Gasteiger charge is 2.21. The number of hydrogen-bond acceptors (Lipinski definition) is 3. The van der Waals surface area contributed by atoms with Crippen LogP contribution >= 0.6 is 34.2 Å². The van der Waals surface area contributed by atoms with Crippen molar-refractivity contribution in [2.45, 2.75) is 19.4 Å². The lowest BCUT2D eigenvalue weighted by atomic mass is 10.1. The fourth-order valence-electron chi connectivity index (χ4n) is 1.45. The van der Waals surface area contributed by atoms with Crippen LogP contribution in [0.15, 0.2) is 12.1 Å². The summed E-state index contributed by atoms with van der Waals surface area (Å²) < 4.78 is 5.85. The summed E-state index contributed by atoms with van der Waals surface area (Å²) in [6.07, 6.45) is 0.293. The Hall–Kier alpha value is -1.02. The first-order valence-corrected chi connectivity index (χ1v) is 6.93. The van der Waals surface area contributed by atoms with Crippen LogP contribution in [0, 0.1) is 3.57 Å². The summed E-state index contributed by atoms with van der Waals surface area (Å²) in [5, 5.41) is 11.8. The van der Waals surface area contributed by atoms with Crippen molar-refractivity contribution in [1.29, 1.82) is 0 Å². The van der Waals surface area contributed by atoms with Crippen LogP contribution in [0.5, 0.6) is 5.75 Å². The Morgan fingerprint density at radius 1 is 1.53 bits per heavy atom. The van der Waals surface area contributed by atoms with Crippen LogP contribution in [0.1, 0.15) is 23.7 Å². The molecule has 0 saturated carbocycles. The third-order valence-corrected chi connectivity index (χ3v) is 4.02. The van der Waals surface area contributed by atoms with Gasteiger partial charge in [0.15, 0.2) is 0 Å². The molecular formula is C12H13ClINO4. The van der Waals surface area contributed by atoms with Gasteiger partial charge in [-0.1, -0.05) is 18.5 Å². The van der Waals surface area contributed by atoms with Gasteiger partial charge in [0.1, 0.15) is 11.8 Å². The first-order valence-electron chi connectivity index (χ1n) is 5.47. The first-order chi connectivity index (χ1) is 8.90. The number of carbonyl (C=O) groups excluding carboxylic acids is 1. The number of nitrogens with one attached hydrogen (secondary N) is 1. The molecule has 19 heavy (non-hydrogen) atoms. The van der Waals surface area contributed by atoms with Gasteiger partial charge in [-0.2, -0.15) is 0 Å². The van der Waals surface area contributed by atoms with E-state index in [1.807, 2.05) is 22.6 Å². The van der Waals surface area contributed by atoms with E-state index >= 15 is 0 Å². The maximum Gasteiger partial charge on any atom is 0.326 e. The molecule has 1 aromatic carbocycles. The molecule has 2 N–H and O–H groups in total. The fourth-order valence-corrected chi connectivity index (χ4v) is 2.05. The second kappa shape index (κ2) is 6.95. The van der Waals surface area contributed by atoms with E-state index in [4.69, 9.17) is 21.4 Å². The number of carbonyl (C=O) groups is 2. The minimum atomic E-state index is -1.08. The molecule has 0 bridgehead atoms. The topological polar surface area (TPSA) is 75.6 Å². The Morgan fingerprint density at radius 2 is 2.16 bits per heavy atom. The van der Waals surface area contributed by atoms with Crippen LogP contribution in [0.2, 0.25) is 5.02 Å². The molecule has 1 aromatic rings. The molecule has 0 saturated heterocycles. The number of benzene rings is 1. The Kier molecular flexibility index (Phi) is 5.86. The molecule has 0 heterocycles. The van der Waals surface area contributed by atoms with Crippen molar-refractivity contribution >= 4 is 46.1 Å². The second-order valence-electron chi connectivity index (χ2n) is 3.74. The molecule has 1 unspecified atom stereocenters. The molecule has 5 nitrogen and oxygen atoms in total. The van der Waals surface area contributed by atoms with Crippen LogP contribution in [-0.2, 0) is 4.79 Å². The van der Waals surface area contributed by atoms with Crippen molar-refractivity contribution in [2.24, 2.45) is 0 Å². The number of carboxylic acids is 1. The van der Waals surface area contributed by atoms with Gasteiger partial charge in [-0.15, -0.1) is 0 Å². The van der Waals surface area contributed by atoms with E-state index < -0.39 is 17.9 Å². The number of rotatable bonds is 5. The number of methoxy groups -OCH3 is 1. The summed E-state index contributed by atoms with van der Waals surface area (Å²) in [4.78, 5) is 22.9. The monoisotopic (exact) mass is 397 g/mol. The van der Waals surface area contributed by atoms with Crippen molar-refractivity contribution in [3.63, 3.8) is 0 Å². The van der Waals surface area contributed by atoms with Crippen LogP contribution < -0.4 is 10.1 Å². The summed E-state index contributed by atoms with van der Waals surface area (Å²) in [5.74, 6) is -1.25. The highest BCUT2D eigenvalue weighted by Crippen LogP contribution is 2.28. The van der Waals surface area contributed by atoms with Gasteiger partial charge in [-0.3, -0.25) is 4.79 Å². The van der Waals surface area contributed by atoms with Gasteiger partial charge in [-0.05, 0) is 41.1 Å². The van der Waals surface area contributed by atoms with Crippen LogP contribution in [0.3, 0.4) is 0 Å². The summed E-state index contributed by atoms with van der Waals surface area (Å²) >= 11 is 7.98. The molecule has 1 amide bonds. The third kappa shape index (κ3) is 3.97. The van der Waals surface area contributed by atoms with Gasteiger partial charge in [0.25, 0.3) is 5.91 Å². The van der Waals surface area contributed by atoms with E-state index in [0.717, 1.165) is 3.57 Å². The average molecular weight is 398 g/mol. The van der Waals surface area contributed by atoms with Gasteiger partial charge in [-0.25, -0.2) is 4.79 Å². The molecule has 1 atom stereocenters. The average Bonchev–Trinajstić information content (AvgIpc) is 2.37. The summed E-state index contributed by atoms with van der Waals surface area (Å²) in [7, 11) is 1.44. The zero-order chi connectivity index (χ0) is 14.6. The van der Waals surface area contributed by atoms with Gasteiger partial charge in [0, 0.05) is 3.57 Å². The van der Waals surface area contributed by atoms with Crippen molar-refractivity contribution in [1.82, 2.24) is 5.32 Å². The molecule has 0 aliphatic heterocycles. The van der Waals surface area contributed by atoms with E-state index in [1.54, 1.807) is 13.0 Å². The molecule has 7 heteroatoms. The highest BCUT2D eigenvalue weighted by molar-refractivity contribution is 14.1. The Bertz CT molecular complexity index is 507. The van der Waals surface area contributed by atoms with E-state index in [-0.39, 0.29) is 5.56 Å². The molecule has 0 aliphatic carbocycles.